The lowest BCUT2D eigenvalue weighted by molar-refractivity contribution is -0.147. The van der Waals surface area contributed by atoms with Crippen molar-refractivity contribution in [3.63, 3.8) is 0 Å². The minimum atomic E-state index is -2.96. The number of alkyl carbamates (subject to hydrolysis) is 1. The van der Waals surface area contributed by atoms with Crippen LogP contribution in [0.4, 0.5) is 13.6 Å². The number of nitrogens with zero attached hydrogens (tertiary/aromatic N) is 5. The number of tetrazole rings is 1. The number of carbonyl (C=O) groups is 4. The van der Waals surface area contributed by atoms with Crippen molar-refractivity contribution in [2.24, 2.45) is 11.3 Å². The Morgan fingerprint density at radius 3 is 2.58 bits per heavy atom. The molecule has 2 aliphatic heterocycles. The minimum Gasteiger partial charge on any atom is -0.497 e. The molecule has 16 heteroatoms. The monoisotopic (exact) mass is 673 g/mol. The number of carboxylic acid groups (broad SMARTS) is 1. The van der Waals surface area contributed by atoms with Gasteiger partial charge in [0.1, 0.15) is 29.0 Å². The summed E-state index contributed by atoms with van der Waals surface area (Å²) in [5.74, 6) is -4.54. The van der Waals surface area contributed by atoms with Crippen LogP contribution in [0.3, 0.4) is 0 Å². The molecule has 5 rings (SSSR count). The number of aromatic nitrogens is 4. The van der Waals surface area contributed by atoms with Crippen LogP contribution in [0.15, 0.2) is 24.3 Å². The zero-order valence-electron chi connectivity index (χ0n) is 27.7. The maximum absolute atomic E-state index is 14.3. The Kier molecular flexibility index (Phi) is 9.23. The van der Waals surface area contributed by atoms with E-state index in [0.29, 0.717) is 29.8 Å². The van der Waals surface area contributed by atoms with Gasteiger partial charge in [-0.2, -0.15) is 0 Å². The Morgan fingerprint density at radius 2 is 1.96 bits per heavy atom. The maximum Gasteiger partial charge on any atom is 0.408 e. The molecule has 0 radical (unpaired) electrons. The van der Waals surface area contributed by atoms with Crippen LogP contribution >= 0.6 is 0 Å². The quantitative estimate of drug-likeness (QED) is 0.427. The topological polar surface area (TPSA) is 178 Å². The standard InChI is InChI=1S/C32H41F2N7O7/c1-30(2,3)23-27(43)40-16-18(14-22(40)26(42)36-32(28(44)45)15-20(32)24(33)34)25-37-39-41(38-25)21-11-10-19(47-6)13-17(21)9-7-8-12-31(4,5)48-29(46)35-23/h7,9-11,13,18,20,22-24H,8,12,14-16H2,1-6H3,(H,35,46)(H,36,42)(H,44,45)/b9-7+/t18-,20+,22+,23-,32+/m1/s1. The smallest absolute Gasteiger partial charge is 0.408 e. The van der Waals surface area contributed by atoms with Crippen molar-refractivity contribution in [3.05, 3.63) is 35.7 Å². The highest BCUT2D eigenvalue weighted by atomic mass is 19.3. The van der Waals surface area contributed by atoms with E-state index in [1.807, 2.05) is 12.2 Å². The van der Waals surface area contributed by atoms with Crippen molar-refractivity contribution in [1.29, 1.82) is 0 Å². The number of methoxy groups -OCH3 is 1. The number of amides is 3. The summed E-state index contributed by atoms with van der Waals surface area (Å²) in [5, 5.41) is 27.8. The Bertz CT molecular complexity index is 1620. The Balaban J connectivity index is 1.56. The predicted molar refractivity (Wildman–Crippen MR) is 166 cm³/mol. The maximum atomic E-state index is 14.3. The molecule has 260 valence electrons. The summed E-state index contributed by atoms with van der Waals surface area (Å²) >= 11 is 0. The van der Waals surface area contributed by atoms with Gasteiger partial charge in [0.05, 0.1) is 18.7 Å². The van der Waals surface area contributed by atoms with Gasteiger partial charge in [-0.25, -0.2) is 18.4 Å². The molecule has 1 saturated carbocycles. The average molecular weight is 674 g/mol. The largest absolute Gasteiger partial charge is 0.497 e. The average Bonchev–Trinajstić information content (AvgIpc) is 3.32. The third-order valence-corrected chi connectivity index (χ3v) is 9.13. The fourth-order valence-electron chi connectivity index (χ4n) is 6.22. The molecule has 1 aromatic heterocycles. The SMILES string of the molecule is COc1ccc2c(c1)/C=C/CCC(C)(C)OC(=O)N[C@@H](C(C)(C)C)C(=O)N1C[C@@H](C[C@H]1C(=O)N[C@@]1(C(=O)O)C[C@H]1C(F)F)c1nnn-2n1. The number of benzene rings is 1. The zero-order valence-corrected chi connectivity index (χ0v) is 27.7. The molecular weight excluding hydrogens is 632 g/mol. The first kappa shape index (κ1) is 34.7. The first-order chi connectivity index (χ1) is 22.5. The van der Waals surface area contributed by atoms with E-state index >= 15 is 0 Å². The Morgan fingerprint density at radius 1 is 1.23 bits per heavy atom. The summed E-state index contributed by atoms with van der Waals surface area (Å²) in [7, 11) is 1.54. The molecule has 14 nitrogen and oxygen atoms in total. The van der Waals surface area contributed by atoms with Crippen molar-refractivity contribution in [2.75, 3.05) is 13.7 Å². The molecule has 0 spiro atoms. The normalized spacial score (nSPS) is 28.0. The number of allylic oxidation sites excluding steroid dienone is 1. The number of rotatable bonds is 5. The lowest BCUT2D eigenvalue weighted by atomic mass is 9.85. The fourth-order valence-corrected chi connectivity index (χ4v) is 6.22. The van der Waals surface area contributed by atoms with E-state index in [0.717, 1.165) is 0 Å². The molecule has 1 aliphatic carbocycles. The molecule has 1 aromatic carbocycles. The van der Waals surface area contributed by atoms with Crippen LogP contribution in [0.5, 0.6) is 5.75 Å². The third-order valence-electron chi connectivity index (χ3n) is 9.13. The van der Waals surface area contributed by atoms with E-state index < -0.39 is 77.2 Å². The summed E-state index contributed by atoms with van der Waals surface area (Å²) in [6.07, 6.45) is 0.465. The van der Waals surface area contributed by atoms with Crippen molar-refractivity contribution < 1.29 is 42.5 Å². The van der Waals surface area contributed by atoms with E-state index in [9.17, 15) is 33.1 Å². The number of aliphatic carboxylic acids is 1. The van der Waals surface area contributed by atoms with Crippen LogP contribution in [0.25, 0.3) is 11.8 Å². The number of alkyl halides is 2. The number of fused-ring (bicyclic) bond motifs is 7. The highest BCUT2D eigenvalue weighted by Crippen LogP contribution is 2.48. The van der Waals surface area contributed by atoms with E-state index in [2.05, 4.69) is 26.0 Å². The summed E-state index contributed by atoms with van der Waals surface area (Å²) < 4.78 is 38.3. The van der Waals surface area contributed by atoms with Gasteiger partial charge in [-0.05, 0) is 68.4 Å². The molecule has 4 bridgehead atoms. The summed E-state index contributed by atoms with van der Waals surface area (Å²) in [6, 6.07) is 2.83. The van der Waals surface area contributed by atoms with Crippen LogP contribution < -0.4 is 15.4 Å². The van der Waals surface area contributed by atoms with Crippen molar-refractivity contribution in [2.45, 2.75) is 95.9 Å². The number of ether oxygens (including phenoxy) is 2. The Hall–Kier alpha value is -4.63. The number of carbonyl (C=O) groups excluding carboxylic acids is 3. The fraction of sp³-hybridized carbons (Fsp3) is 0.594. The second kappa shape index (κ2) is 12.8. The summed E-state index contributed by atoms with van der Waals surface area (Å²) in [4.78, 5) is 55.9. The zero-order chi connectivity index (χ0) is 35.2. The molecule has 2 fully saturated rings. The second-order valence-corrected chi connectivity index (χ2v) is 14.2. The van der Waals surface area contributed by atoms with Gasteiger partial charge in [-0.15, -0.1) is 15.0 Å². The molecule has 1 saturated heterocycles. The third kappa shape index (κ3) is 6.97. The minimum absolute atomic E-state index is 0.0535. The number of carboxylic acids is 1. The van der Waals surface area contributed by atoms with Gasteiger partial charge in [0, 0.05) is 18.0 Å². The van der Waals surface area contributed by atoms with Crippen LogP contribution in [0.1, 0.15) is 77.6 Å². The van der Waals surface area contributed by atoms with E-state index in [4.69, 9.17) is 9.47 Å². The number of hydrogen-bond donors (Lipinski definition) is 3. The molecular formula is C32H41F2N7O7. The number of hydrogen-bond acceptors (Lipinski definition) is 9. The predicted octanol–water partition coefficient (Wildman–Crippen LogP) is 3.31. The van der Waals surface area contributed by atoms with Gasteiger partial charge in [0.25, 0.3) is 0 Å². The highest BCUT2D eigenvalue weighted by molar-refractivity contribution is 5.96. The van der Waals surface area contributed by atoms with Gasteiger partial charge in [-0.3, -0.25) is 9.59 Å². The van der Waals surface area contributed by atoms with Gasteiger partial charge in [0.2, 0.25) is 18.2 Å². The van der Waals surface area contributed by atoms with E-state index in [1.54, 1.807) is 59.9 Å². The van der Waals surface area contributed by atoms with Crippen LogP contribution in [-0.4, -0.2) is 97.4 Å². The van der Waals surface area contributed by atoms with Crippen molar-refractivity contribution in [3.8, 4) is 11.4 Å². The number of cyclic esters (lactones) is 1. The van der Waals surface area contributed by atoms with Gasteiger partial charge in [0.15, 0.2) is 5.82 Å². The molecule has 3 N–H and O–H groups in total. The van der Waals surface area contributed by atoms with Gasteiger partial charge < -0.3 is 30.1 Å². The lowest BCUT2D eigenvalue weighted by Crippen LogP contribution is -2.59. The first-order valence-corrected chi connectivity index (χ1v) is 15.7. The molecule has 2 aromatic rings. The van der Waals surface area contributed by atoms with Crippen molar-refractivity contribution >= 4 is 30.0 Å². The molecule has 3 aliphatic rings. The highest BCUT2D eigenvalue weighted by Gasteiger charge is 2.66. The van der Waals surface area contributed by atoms with Gasteiger partial charge in [-0.1, -0.05) is 32.9 Å². The molecule has 48 heavy (non-hydrogen) atoms. The van der Waals surface area contributed by atoms with Crippen LogP contribution in [-0.2, 0) is 19.1 Å². The first-order valence-electron chi connectivity index (χ1n) is 15.7. The van der Waals surface area contributed by atoms with Crippen molar-refractivity contribution in [1.82, 2.24) is 35.7 Å². The number of nitrogens with one attached hydrogen (secondary N) is 2. The molecule has 0 unspecified atom stereocenters. The van der Waals surface area contributed by atoms with E-state index in [1.165, 1.54) is 9.70 Å². The lowest BCUT2D eigenvalue weighted by Gasteiger charge is -2.36. The number of halogens is 2. The van der Waals surface area contributed by atoms with E-state index in [-0.39, 0.29) is 18.8 Å². The van der Waals surface area contributed by atoms with Gasteiger partial charge >= 0.3 is 12.1 Å². The summed E-state index contributed by atoms with van der Waals surface area (Å²) in [5.41, 5.74) is -2.66. The van der Waals surface area contributed by atoms with Crippen LogP contribution in [0.2, 0.25) is 0 Å². The summed E-state index contributed by atoms with van der Waals surface area (Å²) in [6.45, 7) is 8.60. The molecule has 3 amide bonds. The second-order valence-electron chi connectivity index (χ2n) is 14.2. The molecule has 3 heterocycles. The molecule has 5 atom stereocenters. The Labute approximate surface area is 276 Å². The van der Waals surface area contributed by atoms with Crippen LogP contribution in [0, 0.1) is 11.3 Å².